The lowest BCUT2D eigenvalue weighted by Crippen LogP contribution is -2.49. The molecule has 2 rings (SSSR count). The van der Waals surface area contributed by atoms with Gasteiger partial charge in [0.2, 0.25) is 0 Å². The van der Waals surface area contributed by atoms with Gasteiger partial charge in [-0.1, -0.05) is 39.0 Å². The zero-order valence-electron chi connectivity index (χ0n) is 13.1. The first-order valence-electron chi connectivity index (χ1n) is 8.80. The van der Waals surface area contributed by atoms with Gasteiger partial charge >= 0.3 is 0 Å². The molecule has 0 aromatic heterocycles. The van der Waals surface area contributed by atoms with Gasteiger partial charge in [0.1, 0.15) is 0 Å². The monoisotopic (exact) mass is 266 g/mol. The lowest BCUT2D eigenvalue weighted by molar-refractivity contribution is 0.200. The number of unbranched alkanes of at least 4 members (excludes halogenated alkanes) is 2. The number of rotatable bonds is 7. The van der Waals surface area contributed by atoms with Gasteiger partial charge in [-0.2, -0.15) is 0 Å². The molecule has 1 aliphatic carbocycles. The summed E-state index contributed by atoms with van der Waals surface area (Å²) in [5.41, 5.74) is 0. The second-order valence-corrected chi connectivity index (χ2v) is 6.82. The summed E-state index contributed by atoms with van der Waals surface area (Å²) in [5, 5.41) is 7.71. The van der Waals surface area contributed by atoms with Crippen LogP contribution in [0.1, 0.15) is 78.1 Å². The first-order valence-corrected chi connectivity index (χ1v) is 8.80. The summed E-state index contributed by atoms with van der Waals surface area (Å²) in [6.07, 6.45) is 14.0. The molecule has 112 valence electrons. The number of hydrogen-bond acceptors (Lipinski definition) is 2. The van der Waals surface area contributed by atoms with E-state index in [9.17, 15) is 0 Å². The van der Waals surface area contributed by atoms with Crippen molar-refractivity contribution in [1.82, 2.24) is 10.6 Å². The molecule has 0 amide bonds. The molecule has 1 aliphatic heterocycles. The van der Waals surface area contributed by atoms with Gasteiger partial charge in [0.25, 0.3) is 0 Å². The Balaban J connectivity index is 1.78. The third-order valence-electron chi connectivity index (χ3n) is 5.17. The quantitative estimate of drug-likeness (QED) is 0.684. The minimum atomic E-state index is 0.707. The molecule has 0 spiro atoms. The van der Waals surface area contributed by atoms with Crippen molar-refractivity contribution in [3.63, 3.8) is 0 Å². The second kappa shape index (κ2) is 8.26. The molecule has 1 saturated heterocycles. The first kappa shape index (κ1) is 15.3. The molecule has 19 heavy (non-hydrogen) atoms. The van der Waals surface area contributed by atoms with Crippen molar-refractivity contribution in [2.75, 3.05) is 6.54 Å². The zero-order chi connectivity index (χ0) is 13.5. The molecule has 4 unspecified atom stereocenters. The van der Waals surface area contributed by atoms with Crippen molar-refractivity contribution in [2.24, 2.45) is 5.92 Å². The molecule has 2 N–H and O–H groups in total. The maximum atomic E-state index is 3.96. The van der Waals surface area contributed by atoms with E-state index in [1.54, 1.807) is 0 Å². The highest BCUT2D eigenvalue weighted by Crippen LogP contribution is 2.31. The average Bonchev–Trinajstić information content (AvgIpc) is 2.93. The van der Waals surface area contributed by atoms with Gasteiger partial charge in [-0.3, -0.25) is 0 Å². The van der Waals surface area contributed by atoms with Crippen molar-refractivity contribution in [3.8, 4) is 0 Å². The van der Waals surface area contributed by atoms with Crippen molar-refractivity contribution in [2.45, 2.75) is 96.2 Å². The van der Waals surface area contributed by atoms with Crippen molar-refractivity contribution < 1.29 is 0 Å². The lowest BCUT2D eigenvalue weighted by Gasteiger charge is -2.38. The summed E-state index contributed by atoms with van der Waals surface area (Å²) >= 11 is 0. The van der Waals surface area contributed by atoms with Gasteiger partial charge in [0, 0.05) is 18.1 Å². The third-order valence-corrected chi connectivity index (χ3v) is 5.17. The molecule has 0 aromatic carbocycles. The summed E-state index contributed by atoms with van der Waals surface area (Å²) in [6, 6.07) is 2.29. The van der Waals surface area contributed by atoms with E-state index in [0.29, 0.717) is 6.04 Å². The van der Waals surface area contributed by atoms with E-state index in [0.717, 1.165) is 18.0 Å². The average molecular weight is 266 g/mol. The summed E-state index contributed by atoms with van der Waals surface area (Å²) in [7, 11) is 0. The van der Waals surface area contributed by atoms with E-state index < -0.39 is 0 Å². The Bertz CT molecular complexity index is 235. The van der Waals surface area contributed by atoms with E-state index in [1.807, 2.05) is 0 Å². The molecular formula is C17H34N2. The van der Waals surface area contributed by atoms with Crippen molar-refractivity contribution in [1.29, 1.82) is 0 Å². The minimum Gasteiger partial charge on any atom is -0.314 e. The highest BCUT2D eigenvalue weighted by Gasteiger charge is 2.33. The highest BCUT2D eigenvalue weighted by molar-refractivity contribution is 4.92. The fourth-order valence-corrected chi connectivity index (χ4v) is 4.07. The van der Waals surface area contributed by atoms with E-state index in [4.69, 9.17) is 0 Å². The van der Waals surface area contributed by atoms with Gasteiger partial charge < -0.3 is 10.6 Å². The summed E-state index contributed by atoms with van der Waals surface area (Å²) in [4.78, 5) is 0. The van der Waals surface area contributed by atoms with E-state index in [-0.39, 0.29) is 0 Å². The maximum Gasteiger partial charge on any atom is 0.0113 e. The molecule has 4 atom stereocenters. The second-order valence-electron chi connectivity index (χ2n) is 6.82. The van der Waals surface area contributed by atoms with E-state index in [1.165, 1.54) is 70.8 Å². The summed E-state index contributed by atoms with van der Waals surface area (Å²) in [6.45, 7) is 5.93. The van der Waals surface area contributed by atoms with Crippen LogP contribution in [0.2, 0.25) is 0 Å². The van der Waals surface area contributed by atoms with Crippen LogP contribution in [0.25, 0.3) is 0 Å². The molecule has 2 aliphatic rings. The largest absolute Gasteiger partial charge is 0.314 e. The van der Waals surface area contributed by atoms with Crippen LogP contribution in [-0.4, -0.2) is 24.7 Å². The molecule has 0 bridgehead atoms. The van der Waals surface area contributed by atoms with Crippen molar-refractivity contribution >= 4 is 0 Å². The Morgan fingerprint density at radius 1 is 1.11 bits per heavy atom. The zero-order valence-corrected chi connectivity index (χ0v) is 13.1. The van der Waals surface area contributed by atoms with Crippen LogP contribution < -0.4 is 10.6 Å². The van der Waals surface area contributed by atoms with Gasteiger partial charge in [-0.15, -0.1) is 0 Å². The number of nitrogens with one attached hydrogen (secondary N) is 2. The molecule has 1 heterocycles. The normalized spacial score (nSPS) is 33.5. The fourth-order valence-electron chi connectivity index (χ4n) is 4.07. The van der Waals surface area contributed by atoms with Crippen LogP contribution >= 0.6 is 0 Å². The SMILES string of the molecule is CCCCCC(C)NC1CCCCC1C1CCCN1. The van der Waals surface area contributed by atoms with Crippen LogP contribution in [-0.2, 0) is 0 Å². The third kappa shape index (κ3) is 4.75. The fraction of sp³-hybridized carbons (Fsp3) is 1.00. The molecule has 0 radical (unpaired) electrons. The van der Waals surface area contributed by atoms with Gasteiger partial charge in [-0.25, -0.2) is 0 Å². The Kier molecular flexibility index (Phi) is 6.66. The Morgan fingerprint density at radius 3 is 2.68 bits per heavy atom. The Labute approximate surface area is 120 Å². The van der Waals surface area contributed by atoms with E-state index >= 15 is 0 Å². The van der Waals surface area contributed by atoms with Crippen LogP contribution in [0, 0.1) is 5.92 Å². The number of hydrogen-bond donors (Lipinski definition) is 2. The van der Waals surface area contributed by atoms with Gasteiger partial charge in [0.05, 0.1) is 0 Å². The minimum absolute atomic E-state index is 0.707. The molecule has 2 fully saturated rings. The molecule has 1 saturated carbocycles. The lowest BCUT2D eigenvalue weighted by atomic mass is 9.79. The predicted molar refractivity (Wildman–Crippen MR) is 83.5 cm³/mol. The smallest absolute Gasteiger partial charge is 0.0113 e. The van der Waals surface area contributed by atoms with Gasteiger partial charge in [-0.05, 0) is 51.5 Å². The summed E-state index contributed by atoms with van der Waals surface area (Å²) in [5.74, 6) is 0.893. The topological polar surface area (TPSA) is 24.1 Å². The predicted octanol–water partition coefficient (Wildman–Crippen LogP) is 3.86. The Morgan fingerprint density at radius 2 is 1.95 bits per heavy atom. The van der Waals surface area contributed by atoms with Gasteiger partial charge in [0.15, 0.2) is 0 Å². The van der Waals surface area contributed by atoms with Crippen LogP contribution in [0.15, 0.2) is 0 Å². The first-order chi connectivity index (χ1) is 9.31. The van der Waals surface area contributed by atoms with E-state index in [2.05, 4.69) is 24.5 Å². The van der Waals surface area contributed by atoms with Crippen LogP contribution in [0.5, 0.6) is 0 Å². The van der Waals surface area contributed by atoms with Crippen LogP contribution in [0.4, 0.5) is 0 Å². The molecule has 2 nitrogen and oxygen atoms in total. The maximum absolute atomic E-state index is 3.96. The van der Waals surface area contributed by atoms with Crippen molar-refractivity contribution in [3.05, 3.63) is 0 Å². The summed E-state index contributed by atoms with van der Waals surface area (Å²) < 4.78 is 0. The molecular weight excluding hydrogens is 232 g/mol. The molecule has 0 aromatic rings. The Hall–Kier alpha value is -0.0800. The standard InChI is InChI=1S/C17H34N2/c1-3-4-5-9-14(2)19-17-11-7-6-10-15(17)16-12-8-13-18-16/h14-19H,3-13H2,1-2H3. The molecule has 2 heteroatoms. The highest BCUT2D eigenvalue weighted by atomic mass is 15.0. The van der Waals surface area contributed by atoms with Crippen LogP contribution in [0.3, 0.4) is 0 Å².